The van der Waals surface area contributed by atoms with Crippen LogP contribution in [0, 0.1) is 0 Å². The van der Waals surface area contributed by atoms with Gasteiger partial charge in [0.25, 0.3) is 0 Å². The number of hydrogen-bond donors (Lipinski definition) is 5. The number of aromatic amines is 3. The summed E-state index contributed by atoms with van der Waals surface area (Å²) in [7, 11) is 1.47. The number of nitrogens with one attached hydrogen (secondary N) is 5. The number of benzene rings is 3. The summed E-state index contributed by atoms with van der Waals surface area (Å²) in [6.07, 6.45) is 5.29. The molecule has 0 aliphatic heterocycles. The number of sulfonamides is 1. The number of methoxy groups -OCH3 is 4. The van der Waals surface area contributed by atoms with Gasteiger partial charge in [0.15, 0.2) is 17.1 Å². The van der Waals surface area contributed by atoms with E-state index in [1.54, 1.807) is 29.4 Å². The van der Waals surface area contributed by atoms with Crippen molar-refractivity contribution in [2.75, 3.05) is 34.7 Å². The second kappa shape index (κ2) is 24.0. The number of ether oxygens (including phenoxy) is 4. The van der Waals surface area contributed by atoms with Crippen LogP contribution in [-0.4, -0.2) is 120 Å². The topological polar surface area (TPSA) is 313 Å². The van der Waals surface area contributed by atoms with Gasteiger partial charge in [0, 0.05) is 91.1 Å². The summed E-state index contributed by atoms with van der Waals surface area (Å²) in [6, 6.07) is 22.8. The number of oxime groups is 1. The molecule has 0 aliphatic carbocycles. The highest BCUT2D eigenvalue weighted by molar-refractivity contribution is 7.88. The zero-order valence-electron chi connectivity index (χ0n) is 39.6. The van der Waals surface area contributed by atoms with Crippen LogP contribution < -0.4 is 10.3 Å². The molecule has 0 spiro atoms. The number of rotatable bonds is 13. The maximum Gasteiger partial charge on any atom is 0.534 e. The molecule has 74 heavy (non-hydrogen) atoms. The maximum absolute atomic E-state index is 11.6. The Labute approximate surface area is 431 Å². The van der Waals surface area contributed by atoms with Gasteiger partial charge in [-0.3, -0.25) is 9.63 Å². The fourth-order valence-corrected chi connectivity index (χ4v) is 9.20. The molecule has 380 valence electrons. The van der Waals surface area contributed by atoms with Crippen LogP contribution in [-0.2, 0) is 38.6 Å². The number of carbonyl (C=O) groups excluding carboxylic acids is 5. The fraction of sp³-hybridized carbons (Fsp3) is 0.128. The monoisotopic (exact) mass is 1080 g/mol. The van der Waals surface area contributed by atoms with Crippen molar-refractivity contribution in [3.8, 4) is 0 Å². The molecule has 0 atom stereocenters. The average Bonchev–Trinajstić information content (AvgIpc) is 4.29. The molecule has 0 unspecified atom stereocenters. The Morgan fingerprint density at radius 1 is 0.541 bits per heavy atom. The molecule has 0 aliphatic rings. The van der Waals surface area contributed by atoms with Gasteiger partial charge in [0.05, 0.1) is 34.7 Å². The lowest BCUT2D eigenvalue weighted by Gasteiger charge is -2.03. The molecule has 0 saturated heterocycles. The number of para-hydroxylation sites is 3. The Hall–Kier alpha value is -8.92. The molecule has 6 heterocycles. The summed E-state index contributed by atoms with van der Waals surface area (Å²) < 4.78 is 41.3. The number of amides is 1. The van der Waals surface area contributed by atoms with E-state index >= 15 is 0 Å². The van der Waals surface area contributed by atoms with Crippen LogP contribution in [0.3, 0.4) is 0 Å². The predicted octanol–water partition coefficient (Wildman–Crippen LogP) is 6.96. The lowest BCUT2D eigenvalue weighted by molar-refractivity contribution is -0.118. The van der Waals surface area contributed by atoms with Crippen molar-refractivity contribution in [2.24, 2.45) is 15.4 Å². The molecule has 9 aromatic rings. The fourth-order valence-electron chi connectivity index (χ4n) is 6.58. The molecule has 0 radical (unpaired) electrons. The Balaban J connectivity index is 0.000000162. The number of carbonyl (C=O) groups is 5. The van der Waals surface area contributed by atoms with Gasteiger partial charge in [0.2, 0.25) is 15.9 Å². The van der Waals surface area contributed by atoms with Crippen LogP contribution in [0.15, 0.2) is 123 Å². The van der Waals surface area contributed by atoms with Crippen molar-refractivity contribution in [1.82, 2.24) is 40.2 Å². The van der Waals surface area contributed by atoms with E-state index in [-0.39, 0.29) is 23.0 Å². The normalized spacial score (nSPS) is 11.7. The van der Waals surface area contributed by atoms with E-state index in [1.807, 2.05) is 72.8 Å². The Morgan fingerprint density at radius 3 is 1.27 bits per heavy atom. The minimum absolute atomic E-state index is 0.134. The van der Waals surface area contributed by atoms with E-state index in [9.17, 15) is 32.4 Å². The molecule has 1 amide bonds. The van der Waals surface area contributed by atoms with Crippen molar-refractivity contribution in [1.29, 1.82) is 0 Å². The van der Waals surface area contributed by atoms with Crippen molar-refractivity contribution in [2.45, 2.75) is 6.92 Å². The predicted molar refractivity (Wildman–Crippen MR) is 277 cm³/mol. The van der Waals surface area contributed by atoms with Gasteiger partial charge in [-0.1, -0.05) is 59.8 Å². The van der Waals surface area contributed by atoms with E-state index in [2.05, 4.69) is 74.5 Å². The molecule has 5 N–H and O–H groups in total. The van der Waals surface area contributed by atoms with E-state index in [1.165, 1.54) is 74.8 Å². The highest BCUT2D eigenvalue weighted by Gasteiger charge is 2.23. The maximum atomic E-state index is 11.6. The molecule has 27 heteroatoms. The number of hydrogen-bond acceptors (Lipinski definition) is 21. The number of nitrogens with zero attached hydrogens (tertiary/aromatic N) is 6. The Kier molecular flexibility index (Phi) is 17.2. The van der Waals surface area contributed by atoms with Crippen LogP contribution >= 0.6 is 34.0 Å². The highest BCUT2D eigenvalue weighted by atomic mass is 32.2. The minimum atomic E-state index is -3.55. The SMILES string of the molecule is COC(=O)O/N=C(\c1nc(C(=O)OC)cs1)c1c[nH]c2ccccc12.COC(=O)c1csc(/C(=N\NC(C)=O)c2c[nH]c3ccccc23)n1.COC(=O)c1csc(/C(=N\NS(C)(=O)=O)c2c[nH]c3ccccc23)n1. The second-order valence-corrected chi connectivity index (χ2v) is 19.1. The van der Waals surface area contributed by atoms with Gasteiger partial charge in [-0.2, -0.15) is 10.2 Å². The van der Waals surface area contributed by atoms with Gasteiger partial charge in [-0.05, 0) is 18.2 Å². The Bertz CT molecular complexity index is 3730. The van der Waals surface area contributed by atoms with Crippen LogP contribution in [0.1, 0.15) is 70.1 Å². The minimum Gasteiger partial charge on any atom is -0.464 e. The highest BCUT2D eigenvalue weighted by Crippen LogP contribution is 2.27. The number of H-pyrrole nitrogens is 3. The average molecular weight is 1080 g/mol. The van der Waals surface area contributed by atoms with Crippen molar-refractivity contribution in [3.63, 3.8) is 0 Å². The molecule has 0 bridgehead atoms. The third-order valence-corrected chi connectivity index (χ3v) is 12.8. The van der Waals surface area contributed by atoms with Gasteiger partial charge in [-0.25, -0.2) is 52.8 Å². The van der Waals surface area contributed by atoms with E-state index in [0.29, 0.717) is 43.3 Å². The van der Waals surface area contributed by atoms with Gasteiger partial charge in [-0.15, -0.1) is 34.0 Å². The van der Waals surface area contributed by atoms with Crippen molar-refractivity contribution in [3.05, 3.63) is 156 Å². The largest absolute Gasteiger partial charge is 0.534 e. The summed E-state index contributed by atoms with van der Waals surface area (Å²) in [4.78, 5) is 86.4. The number of hydrazone groups is 2. The van der Waals surface area contributed by atoms with Crippen LogP contribution in [0.25, 0.3) is 32.7 Å². The molecule has 6 aromatic heterocycles. The molecule has 0 fully saturated rings. The first-order valence-electron chi connectivity index (χ1n) is 21.2. The second-order valence-electron chi connectivity index (χ2n) is 14.8. The quantitative estimate of drug-likeness (QED) is 0.0256. The first kappa shape index (κ1) is 52.9. The molecule has 23 nitrogen and oxygen atoms in total. The van der Waals surface area contributed by atoms with E-state index in [4.69, 9.17) is 4.84 Å². The smallest absolute Gasteiger partial charge is 0.464 e. The van der Waals surface area contributed by atoms with E-state index in [0.717, 1.165) is 44.5 Å². The first-order chi connectivity index (χ1) is 35.6. The zero-order chi connectivity index (χ0) is 52.9. The zero-order valence-corrected chi connectivity index (χ0v) is 42.9. The standard InChI is InChI=1S/C16H14N4O3S.C16H13N3O5S.C15H14N4O4S2/c1-9(21)19-20-14(15-18-13(8-24-15)16(22)23-2)11-7-17-12-6-4-3-5-10(11)12;1-22-15(20)12-8-25-14(18-12)13(19-24-16(21)23-2)10-7-17-11-6-4-3-5-9(10)11;1-23-15(20)12-8-24-14(17-12)13(18-19-25(2,21)22)10-7-16-11-6-4-3-5-9(10)11/h3-8,17H,1-2H3,(H,19,21);3-8,17H,1-2H3;3-8,16,19H,1-2H3/b20-14-;19-13-;18-13-. The third-order valence-electron chi connectivity index (χ3n) is 9.86. The molecular weight excluding hydrogens is 1040 g/mol. The van der Waals surface area contributed by atoms with Crippen LogP contribution in [0.5, 0.6) is 0 Å². The number of thiazole rings is 3. The molecular formula is C47H41N11O12S4. The summed E-state index contributed by atoms with van der Waals surface area (Å²) in [5.74, 6) is -1.95. The summed E-state index contributed by atoms with van der Waals surface area (Å²) in [5.41, 5.74) is 8.80. The summed E-state index contributed by atoms with van der Waals surface area (Å²) in [6.45, 7) is 1.37. The molecule has 3 aromatic carbocycles. The lowest BCUT2D eigenvalue weighted by atomic mass is 10.1. The first-order valence-corrected chi connectivity index (χ1v) is 25.7. The van der Waals surface area contributed by atoms with Crippen molar-refractivity contribution >= 4 is 124 Å². The third kappa shape index (κ3) is 12.8. The lowest BCUT2D eigenvalue weighted by Crippen LogP contribution is -2.19. The van der Waals surface area contributed by atoms with Gasteiger partial charge in [0.1, 0.15) is 32.2 Å². The molecule has 0 saturated carbocycles. The Morgan fingerprint density at radius 2 is 0.905 bits per heavy atom. The van der Waals surface area contributed by atoms with Gasteiger partial charge < -0.3 is 33.9 Å². The summed E-state index contributed by atoms with van der Waals surface area (Å²) in [5, 5.41) is 20.7. The number of fused-ring (bicyclic) bond motifs is 3. The van der Waals surface area contributed by atoms with Crippen molar-refractivity contribution < 1.29 is 56.2 Å². The summed E-state index contributed by atoms with van der Waals surface area (Å²) >= 11 is 3.60. The van der Waals surface area contributed by atoms with Crippen LogP contribution in [0.2, 0.25) is 0 Å². The van der Waals surface area contributed by atoms with Crippen LogP contribution in [0.4, 0.5) is 4.79 Å². The number of aromatic nitrogens is 6. The van der Waals surface area contributed by atoms with Gasteiger partial charge >= 0.3 is 24.1 Å². The number of esters is 3. The van der Waals surface area contributed by atoms with E-state index < -0.39 is 34.1 Å². The molecule has 9 rings (SSSR count).